The van der Waals surface area contributed by atoms with Crippen molar-refractivity contribution in [3.8, 4) is 0 Å². The van der Waals surface area contributed by atoms with Gasteiger partial charge in [0.2, 0.25) is 11.8 Å². The van der Waals surface area contributed by atoms with Gasteiger partial charge in [0, 0.05) is 31.7 Å². The Balaban J connectivity index is 1.63. The molecule has 3 rings (SSSR count). The third-order valence-electron chi connectivity index (χ3n) is 5.40. The number of carbonyl (C=O) groups is 2. The van der Waals surface area contributed by atoms with E-state index in [-0.39, 0.29) is 24.2 Å². The molecule has 2 aromatic rings. The molecule has 1 atom stereocenters. The molecule has 5 heteroatoms. The van der Waals surface area contributed by atoms with Gasteiger partial charge in [-0.1, -0.05) is 50.2 Å². The number of amides is 2. The molecule has 1 fully saturated rings. The first-order valence-electron chi connectivity index (χ1n) is 10.2. The number of nitrogens with one attached hydrogen (secondary N) is 1. The van der Waals surface area contributed by atoms with E-state index in [0.29, 0.717) is 19.0 Å². The van der Waals surface area contributed by atoms with E-state index in [2.05, 4.69) is 42.3 Å². The molecule has 0 spiro atoms. The van der Waals surface area contributed by atoms with Crippen molar-refractivity contribution in [2.45, 2.75) is 39.3 Å². The normalized spacial score (nSPS) is 16.7. The molecule has 1 aliphatic heterocycles. The summed E-state index contributed by atoms with van der Waals surface area (Å²) in [6.07, 6.45) is 0.261. The Bertz CT molecular complexity index is 876. The van der Waals surface area contributed by atoms with Crippen molar-refractivity contribution in [1.82, 2.24) is 10.2 Å². The number of hydrogen-bond acceptors (Lipinski definition) is 3. The number of benzene rings is 2. The number of carbonyl (C=O) groups excluding carboxylic acids is 2. The fourth-order valence-corrected chi connectivity index (χ4v) is 3.74. The van der Waals surface area contributed by atoms with Crippen LogP contribution in [0.15, 0.2) is 48.5 Å². The fourth-order valence-electron chi connectivity index (χ4n) is 3.74. The van der Waals surface area contributed by atoms with Gasteiger partial charge in [-0.25, -0.2) is 0 Å². The molecule has 5 nitrogen and oxygen atoms in total. The summed E-state index contributed by atoms with van der Waals surface area (Å²) in [6.45, 7) is 6.01. The van der Waals surface area contributed by atoms with Gasteiger partial charge in [-0.2, -0.15) is 0 Å². The Kier molecular flexibility index (Phi) is 6.70. The molecule has 0 radical (unpaired) electrons. The summed E-state index contributed by atoms with van der Waals surface area (Å²) in [7, 11) is 4.06. The molecular formula is C24H31N3O2. The molecule has 2 amide bonds. The van der Waals surface area contributed by atoms with Crippen LogP contribution in [0.4, 0.5) is 5.69 Å². The predicted molar refractivity (Wildman–Crippen MR) is 117 cm³/mol. The van der Waals surface area contributed by atoms with Gasteiger partial charge in [-0.05, 0) is 48.8 Å². The minimum atomic E-state index is -0.314. The third-order valence-corrected chi connectivity index (χ3v) is 5.40. The van der Waals surface area contributed by atoms with E-state index >= 15 is 0 Å². The molecule has 0 saturated carbocycles. The zero-order valence-electron chi connectivity index (χ0n) is 17.8. The van der Waals surface area contributed by atoms with Crippen LogP contribution in [0.5, 0.6) is 0 Å². The maximum atomic E-state index is 12.7. The molecule has 1 N–H and O–H groups in total. The lowest BCUT2D eigenvalue weighted by Gasteiger charge is -2.19. The topological polar surface area (TPSA) is 52.7 Å². The lowest BCUT2D eigenvalue weighted by Crippen LogP contribution is -2.33. The van der Waals surface area contributed by atoms with Crippen LogP contribution in [0.25, 0.3) is 0 Å². The van der Waals surface area contributed by atoms with E-state index in [4.69, 9.17) is 0 Å². The number of anilines is 1. The maximum absolute atomic E-state index is 12.7. The molecule has 1 unspecified atom stereocenters. The predicted octanol–water partition coefficient (Wildman–Crippen LogP) is 3.54. The van der Waals surface area contributed by atoms with E-state index in [1.165, 1.54) is 11.1 Å². The Morgan fingerprint density at radius 3 is 2.55 bits per heavy atom. The standard InChI is InChI=1S/C24H31N3O2/c1-17(2)18-10-7-11-22(12-18)27-16-21(13-23(27)28)24(29)25-14-19-8-5-6-9-20(19)15-26(3)4/h5-12,17,21H,13-16H2,1-4H3,(H,25,29). The Morgan fingerprint density at radius 1 is 1.14 bits per heavy atom. The van der Waals surface area contributed by atoms with Crippen LogP contribution in [0.2, 0.25) is 0 Å². The van der Waals surface area contributed by atoms with Crippen LogP contribution in [-0.4, -0.2) is 37.4 Å². The minimum absolute atomic E-state index is 0.0130. The van der Waals surface area contributed by atoms with Crippen molar-refractivity contribution < 1.29 is 9.59 Å². The molecule has 0 aliphatic carbocycles. The van der Waals surface area contributed by atoms with Crippen molar-refractivity contribution >= 4 is 17.5 Å². The fraction of sp³-hybridized carbons (Fsp3) is 0.417. The summed E-state index contributed by atoms with van der Waals surface area (Å²) < 4.78 is 0. The Morgan fingerprint density at radius 2 is 1.86 bits per heavy atom. The average molecular weight is 394 g/mol. The number of nitrogens with zero attached hydrogens (tertiary/aromatic N) is 2. The summed E-state index contributed by atoms with van der Waals surface area (Å²) in [6, 6.07) is 16.2. The second-order valence-corrected chi connectivity index (χ2v) is 8.38. The van der Waals surface area contributed by atoms with Crippen molar-refractivity contribution in [2.24, 2.45) is 5.92 Å². The first kappa shape index (κ1) is 21.1. The van der Waals surface area contributed by atoms with Crippen LogP contribution in [0.1, 0.15) is 42.9 Å². The third kappa shape index (κ3) is 5.24. The first-order valence-corrected chi connectivity index (χ1v) is 10.2. The van der Waals surface area contributed by atoms with E-state index in [0.717, 1.165) is 17.8 Å². The van der Waals surface area contributed by atoms with Crippen molar-refractivity contribution in [3.63, 3.8) is 0 Å². The van der Waals surface area contributed by atoms with Gasteiger partial charge in [0.1, 0.15) is 0 Å². The largest absolute Gasteiger partial charge is 0.352 e. The van der Waals surface area contributed by atoms with E-state index in [1.807, 2.05) is 44.4 Å². The second kappa shape index (κ2) is 9.23. The van der Waals surface area contributed by atoms with Gasteiger partial charge < -0.3 is 15.1 Å². The van der Waals surface area contributed by atoms with Crippen molar-refractivity contribution in [3.05, 3.63) is 65.2 Å². The monoisotopic (exact) mass is 393 g/mol. The van der Waals surface area contributed by atoms with Gasteiger partial charge in [0.15, 0.2) is 0 Å². The summed E-state index contributed by atoms with van der Waals surface area (Å²) in [5.41, 5.74) is 4.39. The van der Waals surface area contributed by atoms with Gasteiger partial charge in [-0.3, -0.25) is 9.59 Å². The van der Waals surface area contributed by atoms with Gasteiger partial charge in [0.05, 0.1) is 5.92 Å². The first-order chi connectivity index (χ1) is 13.8. The number of rotatable bonds is 7. The highest BCUT2D eigenvalue weighted by atomic mass is 16.2. The van der Waals surface area contributed by atoms with Crippen LogP contribution >= 0.6 is 0 Å². The molecule has 1 aliphatic rings. The summed E-state index contributed by atoms with van der Waals surface area (Å²) in [5, 5.41) is 3.04. The zero-order chi connectivity index (χ0) is 21.0. The van der Waals surface area contributed by atoms with Crippen molar-refractivity contribution in [2.75, 3.05) is 25.5 Å². The van der Waals surface area contributed by atoms with Gasteiger partial charge in [0.25, 0.3) is 0 Å². The molecule has 0 aromatic heterocycles. The maximum Gasteiger partial charge on any atom is 0.227 e. The van der Waals surface area contributed by atoms with E-state index < -0.39 is 0 Å². The molecule has 29 heavy (non-hydrogen) atoms. The van der Waals surface area contributed by atoms with Gasteiger partial charge >= 0.3 is 0 Å². The highest BCUT2D eigenvalue weighted by Crippen LogP contribution is 2.28. The van der Waals surface area contributed by atoms with Crippen LogP contribution in [0.3, 0.4) is 0 Å². The molecule has 1 heterocycles. The lowest BCUT2D eigenvalue weighted by molar-refractivity contribution is -0.126. The lowest BCUT2D eigenvalue weighted by atomic mass is 10.0. The van der Waals surface area contributed by atoms with Gasteiger partial charge in [-0.15, -0.1) is 0 Å². The van der Waals surface area contributed by atoms with Crippen LogP contribution in [0, 0.1) is 5.92 Å². The number of hydrogen-bond donors (Lipinski definition) is 1. The van der Waals surface area contributed by atoms with E-state index in [9.17, 15) is 9.59 Å². The zero-order valence-corrected chi connectivity index (χ0v) is 17.8. The molecule has 0 bridgehead atoms. The highest BCUT2D eigenvalue weighted by molar-refractivity contribution is 6.00. The minimum Gasteiger partial charge on any atom is -0.352 e. The Labute approximate surface area is 173 Å². The second-order valence-electron chi connectivity index (χ2n) is 8.38. The summed E-state index contributed by atoms with van der Waals surface area (Å²) in [5.74, 6) is 0.0415. The molecule has 2 aromatic carbocycles. The SMILES string of the molecule is CC(C)c1cccc(N2CC(C(=O)NCc3ccccc3CN(C)C)CC2=O)c1. The van der Waals surface area contributed by atoms with Crippen LogP contribution in [-0.2, 0) is 22.7 Å². The quantitative estimate of drug-likeness (QED) is 0.783. The highest BCUT2D eigenvalue weighted by Gasteiger charge is 2.35. The average Bonchev–Trinajstić information content (AvgIpc) is 3.08. The summed E-state index contributed by atoms with van der Waals surface area (Å²) >= 11 is 0. The molecular weight excluding hydrogens is 362 g/mol. The van der Waals surface area contributed by atoms with Crippen molar-refractivity contribution in [1.29, 1.82) is 0 Å². The smallest absolute Gasteiger partial charge is 0.227 e. The van der Waals surface area contributed by atoms with Crippen LogP contribution < -0.4 is 10.2 Å². The van der Waals surface area contributed by atoms with E-state index in [1.54, 1.807) is 4.90 Å². The summed E-state index contributed by atoms with van der Waals surface area (Å²) in [4.78, 5) is 29.2. The molecule has 154 valence electrons. The Hall–Kier alpha value is -2.66. The molecule has 1 saturated heterocycles.